The van der Waals surface area contributed by atoms with E-state index < -0.39 is 10.9 Å². The van der Waals surface area contributed by atoms with Gasteiger partial charge >= 0.3 is 0 Å². The Hall–Kier alpha value is -2.64. The van der Waals surface area contributed by atoms with E-state index in [1.165, 1.54) is 18.5 Å². The molecule has 0 bridgehead atoms. The Morgan fingerprint density at radius 3 is 3.12 bits per heavy atom. The quantitative estimate of drug-likeness (QED) is 0.591. The highest BCUT2D eigenvalue weighted by Gasteiger charge is 2.26. The van der Waals surface area contributed by atoms with Crippen molar-refractivity contribution in [2.24, 2.45) is 5.10 Å². The molecule has 1 aliphatic rings. The first-order valence-electron chi connectivity index (χ1n) is 4.68. The predicted octanol–water partition coefficient (Wildman–Crippen LogP) is 0.386. The third kappa shape index (κ3) is 2.30. The summed E-state index contributed by atoms with van der Waals surface area (Å²) in [4.78, 5) is 23.3. The fourth-order valence-electron chi connectivity index (χ4n) is 1.33. The van der Waals surface area contributed by atoms with Crippen LogP contribution in [0.3, 0.4) is 0 Å². The van der Waals surface area contributed by atoms with E-state index in [4.69, 9.17) is 4.42 Å². The van der Waals surface area contributed by atoms with Gasteiger partial charge in [-0.25, -0.2) is 10.1 Å². The Kier molecular flexibility index (Phi) is 2.86. The zero-order chi connectivity index (χ0) is 12.3. The lowest BCUT2D eigenvalue weighted by Gasteiger charge is -2.22. The molecule has 2 heterocycles. The number of nitrogens with one attached hydrogen (secondary N) is 1. The van der Waals surface area contributed by atoms with E-state index in [0.29, 0.717) is 0 Å². The molecule has 8 nitrogen and oxygen atoms in total. The van der Waals surface area contributed by atoms with Gasteiger partial charge in [-0.2, -0.15) is 0 Å². The van der Waals surface area contributed by atoms with Crippen LogP contribution in [-0.2, 0) is 0 Å². The summed E-state index contributed by atoms with van der Waals surface area (Å²) in [5.41, 5.74) is 0. The summed E-state index contributed by atoms with van der Waals surface area (Å²) < 4.78 is 4.93. The van der Waals surface area contributed by atoms with Crippen LogP contribution in [0.5, 0.6) is 0 Å². The molecule has 0 saturated carbocycles. The second-order valence-corrected chi connectivity index (χ2v) is 3.10. The highest BCUT2D eigenvalue weighted by atomic mass is 16.7. The lowest BCUT2D eigenvalue weighted by atomic mass is 10.3. The topological polar surface area (TPSA) is 101 Å². The number of furan rings is 1. The van der Waals surface area contributed by atoms with Crippen LogP contribution in [0.15, 0.2) is 40.2 Å². The van der Waals surface area contributed by atoms with Gasteiger partial charge in [-0.1, -0.05) is 0 Å². The predicted molar refractivity (Wildman–Crippen MR) is 56.4 cm³/mol. The monoisotopic (exact) mass is 236 g/mol. The molecule has 0 aliphatic carbocycles. The normalized spacial score (nSPS) is 16.9. The molecule has 0 spiro atoms. The van der Waals surface area contributed by atoms with Crippen molar-refractivity contribution >= 4 is 11.9 Å². The van der Waals surface area contributed by atoms with Gasteiger partial charge in [-0.15, -0.1) is 0 Å². The number of hydrogen-bond donors (Lipinski definition) is 1. The molecule has 88 valence electrons. The van der Waals surface area contributed by atoms with E-state index in [0.717, 1.165) is 4.90 Å². The fraction of sp³-hybridized carbons (Fsp3) is 0.111. The van der Waals surface area contributed by atoms with Gasteiger partial charge in [-0.3, -0.25) is 9.69 Å². The number of nitrogens with zero attached hydrogens (tertiary/aromatic N) is 3. The van der Waals surface area contributed by atoms with E-state index in [1.807, 2.05) is 0 Å². The van der Waals surface area contributed by atoms with Gasteiger partial charge in [0.15, 0.2) is 10.8 Å². The fourth-order valence-corrected chi connectivity index (χ4v) is 1.33. The van der Waals surface area contributed by atoms with E-state index in [-0.39, 0.29) is 18.3 Å². The second kappa shape index (κ2) is 4.47. The van der Waals surface area contributed by atoms with Crippen LogP contribution in [0.2, 0.25) is 0 Å². The van der Waals surface area contributed by atoms with Crippen LogP contribution in [0.4, 0.5) is 0 Å². The number of amides is 1. The van der Waals surface area contributed by atoms with Crippen LogP contribution in [0.1, 0.15) is 10.6 Å². The number of rotatable bonds is 2. The first-order valence-corrected chi connectivity index (χ1v) is 4.68. The van der Waals surface area contributed by atoms with Crippen molar-refractivity contribution in [3.05, 3.63) is 46.5 Å². The van der Waals surface area contributed by atoms with Gasteiger partial charge in [0.25, 0.3) is 11.9 Å². The summed E-state index contributed by atoms with van der Waals surface area (Å²) in [7, 11) is 0. The van der Waals surface area contributed by atoms with E-state index >= 15 is 0 Å². The van der Waals surface area contributed by atoms with Crippen molar-refractivity contribution in [1.29, 1.82) is 0 Å². The van der Waals surface area contributed by atoms with Gasteiger partial charge < -0.3 is 9.73 Å². The summed E-state index contributed by atoms with van der Waals surface area (Å²) in [6, 6.07) is 3.04. The van der Waals surface area contributed by atoms with Crippen molar-refractivity contribution in [2.45, 2.75) is 0 Å². The summed E-state index contributed by atoms with van der Waals surface area (Å²) >= 11 is 0. The molecule has 1 aliphatic heterocycles. The van der Waals surface area contributed by atoms with Crippen LogP contribution in [-0.4, -0.2) is 28.3 Å². The average Bonchev–Trinajstić information content (AvgIpc) is 2.81. The zero-order valence-corrected chi connectivity index (χ0v) is 8.57. The lowest BCUT2D eigenvalue weighted by molar-refractivity contribution is -0.485. The third-order valence-electron chi connectivity index (χ3n) is 2.03. The molecule has 0 fully saturated rings. The highest BCUT2D eigenvalue weighted by Crippen LogP contribution is 2.08. The molecule has 0 unspecified atom stereocenters. The van der Waals surface area contributed by atoms with Crippen LogP contribution in [0.25, 0.3) is 0 Å². The number of hydrazone groups is 1. The molecule has 1 aromatic heterocycles. The van der Waals surface area contributed by atoms with Crippen LogP contribution >= 0.6 is 0 Å². The smallest absolute Gasteiger partial charge is 0.296 e. The maximum atomic E-state index is 11.9. The van der Waals surface area contributed by atoms with Crippen LogP contribution < -0.4 is 5.32 Å². The largest absolute Gasteiger partial charge is 0.459 e. The van der Waals surface area contributed by atoms with Crippen molar-refractivity contribution in [1.82, 2.24) is 10.2 Å². The Bertz CT molecular complexity index is 491. The molecule has 1 N–H and O–H groups in total. The van der Waals surface area contributed by atoms with Crippen molar-refractivity contribution in [2.75, 3.05) is 6.54 Å². The maximum Gasteiger partial charge on any atom is 0.296 e. The first kappa shape index (κ1) is 10.9. The maximum absolute atomic E-state index is 11.9. The molecule has 8 heteroatoms. The number of guanidine groups is 1. The van der Waals surface area contributed by atoms with Gasteiger partial charge in [-0.05, 0) is 18.2 Å². The van der Waals surface area contributed by atoms with E-state index in [2.05, 4.69) is 10.4 Å². The molecule has 0 radical (unpaired) electrons. The van der Waals surface area contributed by atoms with Gasteiger partial charge in [0.2, 0.25) is 0 Å². The highest BCUT2D eigenvalue weighted by molar-refractivity contribution is 6.04. The Morgan fingerprint density at radius 1 is 1.65 bits per heavy atom. The van der Waals surface area contributed by atoms with Crippen LogP contribution in [0, 0.1) is 10.1 Å². The SMILES string of the molecule is O=C(c1ccco1)N1CC=CNC1=N[N+](=O)[O-]. The molecule has 0 atom stereocenters. The molecule has 2 rings (SSSR count). The van der Waals surface area contributed by atoms with Crippen molar-refractivity contribution in [3.63, 3.8) is 0 Å². The zero-order valence-electron chi connectivity index (χ0n) is 8.57. The average molecular weight is 236 g/mol. The standard InChI is InChI=1S/C9H8N4O4/c14-8(7-3-1-6-17-7)12-5-2-4-10-9(12)11-13(15)16/h1-4,6H,5H2,(H,10,11). The number of carbonyl (C=O) groups is 1. The minimum absolute atomic E-state index is 0.0955. The summed E-state index contributed by atoms with van der Waals surface area (Å²) in [5, 5.41) is 15.1. The van der Waals surface area contributed by atoms with E-state index in [1.54, 1.807) is 12.1 Å². The van der Waals surface area contributed by atoms with Crippen molar-refractivity contribution < 1.29 is 14.2 Å². The number of carbonyl (C=O) groups excluding carboxylic acids is 1. The third-order valence-corrected chi connectivity index (χ3v) is 2.03. The minimum atomic E-state index is -0.871. The Morgan fingerprint density at radius 2 is 2.47 bits per heavy atom. The van der Waals surface area contributed by atoms with Gasteiger partial charge in [0, 0.05) is 12.7 Å². The van der Waals surface area contributed by atoms with E-state index in [9.17, 15) is 14.9 Å². The van der Waals surface area contributed by atoms with Crippen molar-refractivity contribution in [3.8, 4) is 0 Å². The number of nitro groups is 1. The summed E-state index contributed by atoms with van der Waals surface area (Å²) in [5.74, 6) is -0.538. The number of hydrogen-bond acceptors (Lipinski definition) is 4. The lowest BCUT2D eigenvalue weighted by Crippen LogP contribution is -2.46. The Labute approximate surface area is 95.3 Å². The molecule has 17 heavy (non-hydrogen) atoms. The molecular weight excluding hydrogens is 228 g/mol. The molecular formula is C9H8N4O4. The summed E-state index contributed by atoms with van der Waals surface area (Å²) in [6.07, 6.45) is 4.47. The second-order valence-electron chi connectivity index (χ2n) is 3.10. The Balaban J connectivity index is 2.26. The molecule has 0 saturated heterocycles. The first-order chi connectivity index (χ1) is 8.18. The minimum Gasteiger partial charge on any atom is -0.459 e. The van der Waals surface area contributed by atoms with Gasteiger partial charge in [0.05, 0.1) is 6.26 Å². The molecule has 1 amide bonds. The summed E-state index contributed by atoms with van der Waals surface area (Å²) in [6.45, 7) is 0.194. The van der Waals surface area contributed by atoms with Gasteiger partial charge in [0.1, 0.15) is 5.10 Å². The molecule has 0 aromatic carbocycles. The molecule has 1 aromatic rings.